The van der Waals surface area contributed by atoms with Gasteiger partial charge in [-0.3, -0.25) is 4.79 Å². The van der Waals surface area contributed by atoms with Gasteiger partial charge < -0.3 is 19.8 Å². The lowest BCUT2D eigenvalue weighted by Gasteiger charge is -2.14. The Morgan fingerprint density at radius 2 is 1.77 bits per heavy atom. The number of ether oxygens (including phenoxy) is 1. The molecule has 2 N–H and O–H groups in total. The third-order valence-corrected chi connectivity index (χ3v) is 5.28. The Bertz CT molecular complexity index is 1130. The predicted octanol–water partition coefficient (Wildman–Crippen LogP) is 2.95. The molecule has 0 atom stereocenters. The molecule has 8 heteroatoms. The Hall–Kier alpha value is -3.52. The van der Waals surface area contributed by atoms with E-state index in [4.69, 9.17) is 14.9 Å². The molecule has 1 heterocycles. The second-order valence-corrected chi connectivity index (χ2v) is 8.09. The first-order chi connectivity index (χ1) is 14.8. The van der Waals surface area contributed by atoms with Crippen molar-refractivity contribution in [3.63, 3.8) is 0 Å². The van der Waals surface area contributed by atoms with Crippen LogP contribution in [0.3, 0.4) is 0 Å². The molecule has 1 amide bonds. The van der Waals surface area contributed by atoms with Crippen LogP contribution in [0.5, 0.6) is 0 Å². The molecule has 1 aliphatic rings. The van der Waals surface area contributed by atoms with Crippen LogP contribution >= 0.6 is 0 Å². The SMILES string of the molecule is Cc1ccc(C(=O)OC2(C(N)=O)CC2)cc1-c1ccc(-c2nnc(CN(C)C)o2)cc1. The number of hydrogen-bond donors (Lipinski definition) is 1. The molecule has 0 saturated heterocycles. The number of nitrogens with two attached hydrogens (primary N) is 1. The monoisotopic (exact) mass is 420 g/mol. The van der Waals surface area contributed by atoms with E-state index in [0.717, 1.165) is 22.3 Å². The zero-order chi connectivity index (χ0) is 22.2. The fourth-order valence-corrected chi connectivity index (χ4v) is 3.31. The summed E-state index contributed by atoms with van der Waals surface area (Å²) >= 11 is 0. The number of benzene rings is 2. The van der Waals surface area contributed by atoms with E-state index in [9.17, 15) is 9.59 Å². The van der Waals surface area contributed by atoms with Crippen molar-refractivity contribution in [3.05, 3.63) is 59.5 Å². The van der Waals surface area contributed by atoms with Crippen LogP contribution in [0.25, 0.3) is 22.6 Å². The molecular weight excluding hydrogens is 396 g/mol. The first-order valence-corrected chi connectivity index (χ1v) is 9.99. The van der Waals surface area contributed by atoms with Crippen LogP contribution in [-0.4, -0.2) is 46.7 Å². The molecule has 0 bridgehead atoms. The van der Waals surface area contributed by atoms with Gasteiger partial charge in [-0.2, -0.15) is 0 Å². The lowest BCUT2D eigenvalue weighted by Crippen LogP contribution is -2.35. The van der Waals surface area contributed by atoms with E-state index < -0.39 is 17.5 Å². The van der Waals surface area contributed by atoms with Gasteiger partial charge in [0.05, 0.1) is 12.1 Å². The molecule has 4 rings (SSSR count). The predicted molar refractivity (Wildman–Crippen MR) is 114 cm³/mol. The summed E-state index contributed by atoms with van der Waals surface area (Å²) in [6, 6.07) is 13.0. The van der Waals surface area contributed by atoms with Crippen LogP contribution in [0.4, 0.5) is 0 Å². The van der Waals surface area contributed by atoms with Crippen molar-refractivity contribution in [1.29, 1.82) is 0 Å². The Balaban J connectivity index is 1.55. The number of aryl methyl sites for hydroxylation is 1. The molecule has 31 heavy (non-hydrogen) atoms. The number of hydrogen-bond acceptors (Lipinski definition) is 7. The number of amides is 1. The van der Waals surface area contributed by atoms with Crippen molar-refractivity contribution in [2.45, 2.75) is 31.9 Å². The van der Waals surface area contributed by atoms with Gasteiger partial charge in [0.2, 0.25) is 11.8 Å². The lowest BCUT2D eigenvalue weighted by atomic mass is 9.97. The molecule has 2 aromatic carbocycles. The summed E-state index contributed by atoms with van der Waals surface area (Å²) < 4.78 is 11.1. The Morgan fingerprint density at radius 1 is 1.10 bits per heavy atom. The number of rotatable bonds is 7. The Morgan fingerprint density at radius 3 is 2.39 bits per heavy atom. The van der Waals surface area contributed by atoms with Gasteiger partial charge in [0, 0.05) is 18.4 Å². The van der Waals surface area contributed by atoms with E-state index in [-0.39, 0.29) is 0 Å². The van der Waals surface area contributed by atoms with E-state index in [1.807, 2.05) is 56.3 Å². The summed E-state index contributed by atoms with van der Waals surface area (Å²) in [5, 5.41) is 8.17. The fourth-order valence-electron chi connectivity index (χ4n) is 3.31. The summed E-state index contributed by atoms with van der Waals surface area (Å²) in [6.07, 6.45) is 0.945. The Kier molecular flexibility index (Phi) is 5.32. The van der Waals surface area contributed by atoms with Crippen LogP contribution < -0.4 is 5.73 Å². The molecule has 0 spiro atoms. The van der Waals surface area contributed by atoms with Gasteiger partial charge in [0.15, 0.2) is 5.60 Å². The average molecular weight is 420 g/mol. The van der Waals surface area contributed by atoms with Crippen molar-refractivity contribution >= 4 is 11.9 Å². The third-order valence-electron chi connectivity index (χ3n) is 5.28. The normalized spacial score (nSPS) is 14.5. The standard InChI is InChI=1S/C23H24N4O4/c1-14-4-5-17(21(28)31-23(10-11-23)22(24)29)12-18(14)15-6-8-16(9-7-15)20-26-25-19(30-20)13-27(2)3/h4-9,12H,10-11,13H2,1-3H3,(H2,24,29). The Labute approximate surface area is 180 Å². The summed E-state index contributed by atoms with van der Waals surface area (Å²) in [5.74, 6) is -0.138. The van der Waals surface area contributed by atoms with Gasteiger partial charge >= 0.3 is 5.97 Å². The highest BCUT2D eigenvalue weighted by Gasteiger charge is 2.53. The smallest absolute Gasteiger partial charge is 0.339 e. The molecular formula is C23H24N4O4. The van der Waals surface area contributed by atoms with Gasteiger partial charge in [-0.15, -0.1) is 10.2 Å². The summed E-state index contributed by atoms with van der Waals surface area (Å²) in [4.78, 5) is 26.0. The minimum absolute atomic E-state index is 0.377. The number of nitrogens with zero attached hydrogens (tertiary/aromatic N) is 3. The maximum Gasteiger partial charge on any atom is 0.339 e. The molecule has 1 saturated carbocycles. The minimum Gasteiger partial charge on any atom is -0.445 e. The molecule has 1 fully saturated rings. The number of aromatic nitrogens is 2. The van der Waals surface area contributed by atoms with E-state index in [1.165, 1.54) is 0 Å². The maximum atomic E-state index is 12.6. The van der Waals surface area contributed by atoms with E-state index in [0.29, 0.717) is 36.7 Å². The molecule has 160 valence electrons. The zero-order valence-corrected chi connectivity index (χ0v) is 17.7. The highest BCUT2D eigenvalue weighted by atomic mass is 16.6. The van der Waals surface area contributed by atoms with Crippen molar-refractivity contribution in [2.24, 2.45) is 5.73 Å². The molecule has 3 aromatic rings. The van der Waals surface area contributed by atoms with Crippen molar-refractivity contribution in [2.75, 3.05) is 14.1 Å². The highest BCUT2D eigenvalue weighted by molar-refractivity contribution is 5.96. The first kappa shape index (κ1) is 20.7. The van der Waals surface area contributed by atoms with Crippen LogP contribution in [0, 0.1) is 6.92 Å². The number of carbonyl (C=O) groups excluding carboxylic acids is 2. The molecule has 0 unspecified atom stereocenters. The topological polar surface area (TPSA) is 112 Å². The largest absolute Gasteiger partial charge is 0.445 e. The van der Waals surface area contributed by atoms with Crippen molar-refractivity contribution < 1.29 is 18.7 Å². The van der Waals surface area contributed by atoms with E-state index >= 15 is 0 Å². The van der Waals surface area contributed by atoms with Gasteiger partial charge in [0.25, 0.3) is 5.91 Å². The van der Waals surface area contributed by atoms with Crippen LogP contribution in [-0.2, 0) is 16.1 Å². The van der Waals surface area contributed by atoms with Crippen molar-refractivity contribution in [3.8, 4) is 22.6 Å². The number of primary amides is 1. The van der Waals surface area contributed by atoms with E-state index in [1.54, 1.807) is 12.1 Å². The van der Waals surface area contributed by atoms with Gasteiger partial charge in [-0.1, -0.05) is 18.2 Å². The molecule has 0 aliphatic heterocycles. The highest BCUT2D eigenvalue weighted by Crippen LogP contribution is 2.40. The molecule has 1 aromatic heterocycles. The molecule has 1 aliphatic carbocycles. The maximum absolute atomic E-state index is 12.6. The van der Waals surface area contributed by atoms with Crippen LogP contribution in [0.1, 0.15) is 34.7 Å². The van der Waals surface area contributed by atoms with Crippen molar-refractivity contribution in [1.82, 2.24) is 15.1 Å². The first-order valence-electron chi connectivity index (χ1n) is 9.99. The molecule has 8 nitrogen and oxygen atoms in total. The summed E-state index contributed by atoms with van der Waals surface area (Å²) in [6.45, 7) is 2.54. The zero-order valence-electron chi connectivity index (χ0n) is 17.7. The summed E-state index contributed by atoms with van der Waals surface area (Å²) in [7, 11) is 3.87. The minimum atomic E-state index is -1.14. The summed E-state index contributed by atoms with van der Waals surface area (Å²) in [5.41, 5.74) is 8.23. The third kappa shape index (κ3) is 4.34. The van der Waals surface area contributed by atoms with Gasteiger partial charge in [-0.05, 0) is 62.0 Å². The van der Waals surface area contributed by atoms with Crippen LogP contribution in [0.2, 0.25) is 0 Å². The second-order valence-electron chi connectivity index (χ2n) is 8.09. The van der Waals surface area contributed by atoms with E-state index in [2.05, 4.69) is 10.2 Å². The quantitative estimate of drug-likeness (QED) is 0.585. The number of carbonyl (C=O) groups is 2. The fraction of sp³-hybridized carbons (Fsp3) is 0.304. The molecule has 0 radical (unpaired) electrons. The number of esters is 1. The lowest BCUT2D eigenvalue weighted by molar-refractivity contribution is -0.128. The van der Waals surface area contributed by atoms with Gasteiger partial charge in [-0.25, -0.2) is 4.79 Å². The van der Waals surface area contributed by atoms with Gasteiger partial charge in [0.1, 0.15) is 0 Å². The van der Waals surface area contributed by atoms with Crippen LogP contribution in [0.15, 0.2) is 46.9 Å². The second kappa shape index (κ2) is 7.96. The average Bonchev–Trinajstić information content (AvgIpc) is 3.38.